The molecule has 1 unspecified atom stereocenters. The Morgan fingerprint density at radius 3 is 2.95 bits per heavy atom. The zero-order chi connectivity index (χ0) is 13.1. The van der Waals surface area contributed by atoms with Crippen LogP contribution in [0.1, 0.15) is 36.8 Å². The molecule has 4 heteroatoms. The Bertz CT molecular complexity index is 470. The molecule has 1 fully saturated rings. The van der Waals surface area contributed by atoms with Crippen LogP contribution in [-0.4, -0.2) is 19.0 Å². The summed E-state index contributed by atoms with van der Waals surface area (Å²) in [5.41, 5.74) is 3.84. The molecular weight excluding hydrogens is 272 g/mol. The number of carbonyl (C=O) groups excluding carboxylic acids is 1. The molecule has 110 valence electrons. The summed E-state index contributed by atoms with van der Waals surface area (Å²) >= 11 is 0. The third-order valence-electron chi connectivity index (χ3n) is 4.32. The SMILES string of the molecule is Cl.O=C(CCC1CCNC1)Nc1ccc2c(c1)CCC2. The van der Waals surface area contributed by atoms with Gasteiger partial charge in [0, 0.05) is 12.1 Å². The van der Waals surface area contributed by atoms with E-state index in [-0.39, 0.29) is 18.3 Å². The number of hydrogen-bond donors (Lipinski definition) is 2. The van der Waals surface area contributed by atoms with Crippen molar-refractivity contribution in [2.24, 2.45) is 5.92 Å². The van der Waals surface area contributed by atoms with Crippen LogP contribution in [-0.2, 0) is 17.6 Å². The number of anilines is 1. The molecule has 1 aromatic rings. The molecule has 20 heavy (non-hydrogen) atoms. The quantitative estimate of drug-likeness (QED) is 0.896. The Hall–Kier alpha value is -1.06. The van der Waals surface area contributed by atoms with E-state index in [1.807, 2.05) is 6.07 Å². The van der Waals surface area contributed by atoms with Gasteiger partial charge in [-0.05, 0) is 74.4 Å². The van der Waals surface area contributed by atoms with Gasteiger partial charge in [-0.15, -0.1) is 12.4 Å². The van der Waals surface area contributed by atoms with Gasteiger partial charge in [-0.25, -0.2) is 0 Å². The Balaban J connectivity index is 0.00000147. The molecule has 2 aliphatic rings. The van der Waals surface area contributed by atoms with Crippen LogP contribution in [0.4, 0.5) is 5.69 Å². The lowest BCUT2D eigenvalue weighted by Crippen LogP contribution is -2.15. The molecule has 1 atom stereocenters. The largest absolute Gasteiger partial charge is 0.326 e. The zero-order valence-corrected chi connectivity index (χ0v) is 12.6. The Labute approximate surface area is 126 Å². The first-order chi connectivity index (χ1) is 9.31. The first-order valence-electron chi connectivity index (χ1n) is 7.43. The van der Waals surface area contributed by atoms with E-state index in [9.17, 15) is 4.79 Å². The molecule has 1 aromatic carbocycles. The number of benzene rings is 1. The highest BCUT2D eigenvalue weighted by atomic mass is 35.5. The number of carbonyl (C=O) groups is 1. The number of halogens is 1. The van der Waals surface area contributed by atoms with Crippen molar-refractivity contribution in [3.8, 4) is 0 Å². The molecule has 1 amide bonds. The maximum Gasteiger partial charge on any atom is 0.224 e. The van der Waals surface area contributed by atoms with Crippen molar-refractivity contribution in [1.82, 2.24) is 5.32 Å². The number of amides is 1. The molecule has 3 rings (SSSR count). The first-order valence-corrected chi connectivity index (χ1v) is 7.43. The van der Waals surface area contributed by atoms with Gasteiger partial charge < -0.3 is 10.6 Å². The van der Waals surface area contributed by atoms with Crippen LogP contribution in [0.3, 0.4) is 0 Å². The molecule has 2 N–H and O–H groups in total. The number of hydrogen-bond acceptors (Lipinski definition) is 2. The summed E-state index contributed by atoms with van der Waals surface area (Å²) in [5.74, 6) is 0.843. The van der Waals surface area contributed by atoms with Crippen molar-refractivity contribution in [1.29, 1.82) is 0 Å². The Morgan fingerprint density at radius 1 is 1.30 bits per heavy atom. The van der Waals surface area contributed by atoms with Crippen molar-refractivity contribution < 1.29 is 4.79 Å². The molecule has 1 saturated heterocycles. The van der Waals surface area contributed by atoms with Gasteiger partial charge in [-0.3, -0.25) is 4.79 Å². The van der Waals surface area contributed by atoms with E-state index in [2.05, 4.69) is 22.8 Å². The standard InChI is InChI=1S/C16H22N2O.ClH/c19-16(7-4-12-8-9-17-11-12)18-15-6-5-13-2-1-3-14(13)10-15;/h5-6,10,12,17H,1-4,7-9,11H2,(H,18,19);1H. The van der Waals surface area contributed by atoms with Gasteiger partial charge in [0.1, 0.15) is 0 Å². The van der Waals surface area contributed by atoms with E-state index < -0.39 is 0 Å². The minimum Gasteiger partial charge on any atom is -0.326 e. The predicted molar refractivity (Wildman–Crippen MR) is 84.6 cm³/mol. The highest BCUT2D eigenvalue weighted by molar-refractivity contribution is 5.90. The third kappa shape index (κ3) is 3.74. The van der Waals surface area contributed by atoms with Crippen LogP contribution in [0, 0.1) is 5.92 Å². The summed E-state index contributed by atoms with van der Waals surface area (Å²) in [5, 5.41) is 6.38. The van der Waals surface area contributed by atoms with Crippen LogP contribution in [0.2, 0.25) is 0 Å². The minimum atomic E-state index is 0. The zero-order valence-electron chi connectivity index (χ0n) is 11.8. The summed E-state index contributed by atoms with van der Waals surface area (Å²) in [4.78, 5) is 11.9. The van der Waals surface area contributed by atoms with E-state index in [0.29, 0.717) is 12.3 Å². The van der Waals surface area contributed by atoms with Gasteiger partial charge in [-0.2, -0.15) is 0 Å². The van der Waals surface area contributed by atoms with Gasteiger partial charge in [-0.1, -0.05) is 6.07 Å². The van der Waals surface area contributed by atoms with Gasteiger partial charge in [0.2, 0.25) is 5.91 Å². The van der Waals surface area contributed by atoms with Crippen LogP contribution in [0.5, 0.6) is 0 Å². The van der Waals surface area contributed by atoms with E-state index in [0.717, 1.165) is 31.6 Å². The molecule has 0 spiro atoms. The van der Waals surface area contributed by atoms with Crippen LogP contribution in [0.25, 0.3) is 0 Å². The summed E-state index contributed by atoms with van der Waals surface area (Å²) in [6, 6.07) is 6.36. The molecule has 1 aliphatic heterocycles. The number of fused-ring (bicyclic) bond motifs is 1. The highest BCUT2D eigenvalue weighted by Crippen LogP contribution is 2.25. The topological polar surface area (TPSA) is 41.1 Å². The van der Waals surface area contributed by atoms with Crippen molar-refractivity contribution in [3.05, 3.63) is 29.3 Å². The highest BCUT2D eigenvalue weighted by Gasteiger charge is 2.16. The molecule has 1 heterocycles. The first kappa shape index (κ1) is 15.3. The lowest BCUT2D eigenvalue weighted by molar-refractivity contribution is -0.116. The lowest BCUT2D eigenvalue weighted by atomic mass is 10.0. The van der Waals surface area contributed by atoms with E-state index in [4.69, 9.17) is 0 Å². The van der Waals surface area contributed by atoms with Crippen molar-refractivity contribution in [2.75, 3.05) is 18.4 Å². The minimum absolute atomic E-state index is 0. The average molecular weight is 295 g/mol. The maximum absolute atomic E-state index is 11.9. The monoisotopic (exact) mass is 294 g/mol. The molecule has 0 aromatic heterocycles. The summed E-state index contributed by atoms with van der Waals surface area (Å²) in [6.07, 6.45) is 6.46. The van der Waals surface area contributed by atoms with Crippen LogP contribution < -0.4 is 10.6 Å². The second-order valence-electron chi connectivity index (χ2n) is 5.78. The molecule has 0 bridgehead atoms. The second kappa shape index (κ2) is 7.09. The number of rotatable bonds is 4. The molecule has 0 radical (unpaired) electrons. The van der Waals surface area contributed by atoms with Crippen LogP contribution >= 0.6 is 12.4 Å². The normalized spacial score (nSPS) is 20.3. The summed E-state index contributed by atoms with van der Waals surface area (Å²) in [6.45, 7) is 2.18. The second-order valence-corrected chi connectivity index (χ2v) is 5.78. The Morgan fingerprint density at radius 2 is 2.15 bits per heavy atom. The fourth-order valence-electron chi connectivity index (χ4n) is 3.17. The third-order valence-corrected chi connectivity index (χ3v) is 4.32. The Kier molecular flexibility index (Phi) is 5.44. The van der Waals surface area contributed by atoms with E-state index >= 15 is 0 Å². The van der Waals surface area contributed by atoms with E-state index in [1.54, 1.807) is 0 Å². The number of aryl methyl sites for hydroxylation is 2. The fourth-order valence-corrected chi connectivity index (χ4v) is 3.17. The average Bonchev–Trinajstić information content (AvgIpc) is 3.07. The molecule has 3 nitrogen and oxygen atoms in total. The fraction of sp³-hybridized carbons (Fsp3) is 0.562. The summed E-state index contributed by atoms with van der Waals surface area (Å²) < 4.78 is 0. The van der Waals surface area contributed by atoms with Gasteiger partial charge in [0.05, 0.1) is 0 Å². The smallest absolute Gasteiger partial charge is 0.224 e. The lowest BCUT2D eigenvalue weighted by Gasteiger charge is -2.10. The van der Waals surface area contributed by atoms with Gasteiger partial charge in [0.15, 0.2) is 0 Å². The van der Waals surface area contributed by atoms with Crippen molar-refractivity contribution in [2.45, 2.75) is 38.5 Å². The van der Waals surface area contributed by atoms with Gasteiger partial charge >= 0.3 is 0 Å². The molecular formula is C16H23ClN2O. The maximum atomic E-state index is 11.9. The molecule has 1 aliphatic carbocycles. The number of nitrogens with one attached hydrogen (secondary N) is 2. The predicted octanol–water partition coefficient (Wildman–Crippen LogP) is 2.93. The van der Waals surface area contributed by atoms with E-state index in [1.165, 1.54) is 30.4 Å². The molecule has 0 saturated carbocycles. The van der Waals surface area contributed by atoms with Crippen molar-refractivity contribution in [3.63, 3.8) is 0 Å². The van der Waals surface area contributed by atoms with Crippen molar-refractivity contribution >= 4 is 24.0 Å². The summed E-state index contributed by atoms with van der Waals surface area (Å²) in [7, 11) is 0. The van der Waals surface area contributed by atoms with Crippen LogP contribution in [0.15, 0.2) is 18.2 Å². The van der Waals surface area contributed by atoms with Gasteiger partial charge in [0.25, 0.3) is 0 Å².